The molecule has 3 aromatic rings. The van der Waals surface area contributed by atoms with Gasteiger partial charge in [0, 0.05) is 5.39 Å². The zero-order valence-electron chi connectivity index (χ0n) is 11.4. The number of pyridine rings is 1. The van der Waals surface area contributed by atoms with Crippen molar-refractivity contribution < 1.29 is 14.6 Å². The Labute approximate surface area is 121 Å². The van der Waals surface area contributed by atoms with Gasteiger partial charge in [-0.1, -0.05) is 35.9 Å². The standard InChI is InChI=1S/C17H13NO3/c1-11-6-8-13(9-7-11)21-16-14-5-3-2-4-12(14)10-15(18-16)17(19)20/h2-10H,1H3,(H,19,20). The molecule has 1 heterocycles. The summed E-state index contributed by atoms with van der Waals surface area (Å²) >= 11 is 0. The molecule has 3 rings (SSSR count). The van der Waals surface area contributed by atoms with Crippen molar-refractivity contribution in [2.24, 2.45) is 0 Å². The van der Waals surface area contributed by atoms with Crippen molar-refractivity contribution in [2.75, 3.05) is 0 Å². The smallest absolute Gasteiger partial charge is 0.354 e. The van der Waals surface area contributed by atoms with Gasteiger partial charge in [-0.25, -0.2) is 9.78 Å². The van der Waals surface area contributed by atoms with Gasteiger partial charge in [0.2, 0.25) is 5.88 Å². The summed E-state index contributed by atoms with van der Waals surface area (Å²) in [5, 5.41) is 10.7. The van der Waals surface area contributed by atoms with Crippen LogP contribution in [-0.2, 0) is 0 Å². The summed E-state index contributed by atoms with van der Waals surface area (Å²) < 4.78 is 5.76. The highest BCUT2D eigenvalue weighted by Crippen LogP contribution is 2.28. The van der Waals surface area contributed by atoms with Crippen molar-refractivity contribution in [1.29, 1.82) is 0 Å². The molecule has 104 valence electrons. The lowest BCUT2D eigenvalue weighted by molar-refractivity contribution is 0.0690. The van der Waals surface area contributed by atoms with Crippen LogP contribution >= 0.6 is 0 Å². The Morgan fingerprint density at radius 3 is 2.52 bits per heavy atom. The predicted molar refractivity (Wildman–Crippen MR) is 80.0 cm³/mol. The maximum atomic E-state index is 11.2. The molecule has 2 aromatic carbocycles. The minimum atomic E-state index is -1.07. The number of aryl methyl sites for hydroxylation is 1. The molecular weight excluding hydrogens is 266 g/mol. The molecule has 0 saturated carbocycles. The number of carboxylic acid groups (broad SMARTS) is 1. The highest BCUT2D eigenvalue weighted by atomic mass is 16.5. The number of nitrogens with zero attached hydrogens (tertiary/aromatic N) is 1. The molecule has 0 unspecified atom stereocenters. The van der Waals surface area contributed by atoms with Gasteiger partial charge >= 0.3 is 5.97 Å². The fourth-order valence-electron chi connectivity index (χ4n) is 2.07. The van der Waals surface area contributed by atoms with Crippen LogP contribution in [0.2, 0.25) is 0 Å². The molecule has 0 amide bonds. The van der Waals surface area contributed by atoms with Gasteiger partial charge < -0.3 is 9.84 Å². The first kappa shape index (κ1) is 13.1. The van der Waals surface area contributed by atoms with Gasteiger partial charge in [-0.15, -0.1) is 0 Å². The average molecular weight is 279 g/mol. The summed E-state index contributed by atoms with van der Waals surface area (Å²) in [5.74, 6) is -0.148. The fourth-order valence-corrected chi connectivity index (χ4v) is 2.07. The SMILES string of the molecule is Cc1ccc(Oc2nc(C(=O)O)cc3ccccc23)cc1. The van der Waals surface area contributed by atoms with E-state index in [4.69, 9.17) is 9.84 Å². The number of hydrogen-bond donors (Lipinski definition) is 1. The molecule has 1 aromatic heterocycles. The molecule has 0 atom stereocenters. The first-order valence-corrected chi connectivity index (χ1v) is 6.51. The van der Waals surface area contributed by atoms with E-state index in [0.717, 1.165) is 16.3 Å². The largest absolute Gasteiger partial charge is 0.477 e. The second-order valence-electron chi connectivity index (χ2n) is 4.75. The van der Waals surface area contributed by atoms with E-state index in [1.165, 1.54) is 0 Å². The number of fused-ring (bicyclic) bond motifs is 1. The number of hydrogen-bond acceptors (Lipinski definition) is 3. The van der Waals surface area contributed by atoms with E-state index in [2.05, 4.69) is 4.98 Å². The topological polar surface area (TPSA) is 59.4 Å². The quantitative estimate of drug-likeness (QED) is 0.786. The Balaban J connectivity index is 2.11. The van der Waals surface area contributed by atoms with Crippen LogP contribution in [0.5, 0.6) is 11.6 Å². The third kappa shape index (κ3) is 2.69. The normalized spacial score (nSPS) is 10.5. The Hall–Kier alpha value is -2.88. The van der Waals surface area contributed by atoms with Gasteiger partial charge in [-0.3, -0.25) is 0 Å². The van der Waals surface area contributed by atoms with Crippen LogP contribution in [0, 0.1) is 6.92 Å². The van der Waals surface area contributed by atoms with Crippen LogP contribution in [0.25, 0.3) is 10.8 Å². The zero-order valence-corrected chi connectivity index (χ0v) is 11.4. The van der Waals surface area contributed by atoms with Gasteiger partial charge in [0.05, 0.1) is 0 Å². The maximum Gasteiger partial charge on any atom is 0.354 e. The molecule has 1 N–H and O–H groups in total. The summed E-state index contributed by atoms with van der Waals surface area (Å²) in [6.45, 7) is 1.99. The van der Waals surface area contributed by atoms with Crippen LogP contribution in [0.15, 0.2) is 54.6 Å². The Kier molecular flexibility index (Phi) is 3.28. The zero-order chi connectivity index (χ0) is 14.8. The van der Waals surface area contributed by atoms with Crippen molar-refractivity contribution in [3.05, 3.63) is 65.9 Å². The summed E-state index contributed by atoms with van der Waals surface area (Å²) in [4.78, 5) is 15.3. The lowest BCUT2D eigenvalue weighted by Gasteiger charge is -2.09. The number of aromatic carboxylic acids is 1. The monoisotopic (exact) mass is 279 g/mol. The highest BCUT2D eigenvalue weighted by Gasteiger charge is 2.12. The molecule has 4 nitrogen and oxygen atoms in total. The van der Waals surface area contributed by atoms with Crippen molar-refractivity contribution in [1.82, 2.24) is 4.98 Å². The average Bonchev–Trinajstić information content (AvgIpc) is 2.49. The van der Waals surface area contributed by atoms with E-state index in [9.17, 15) is 4.79 Å². The fraction of sp³-hybridized carbons (Fsp3) is 0.0588. The second-order valence-corrected chi connectivity index (χ2v) is 4.75. The van der Waals surface area contributed by atoms with Crippen LogP contribution in [0.1, 0.15) is 16.1 Å². The van der Waals surface area contributed by atoms with Gasteiger partial charge in [-0.2, -0.15) is 0 Å². The van der Waals surface area contributed by atoms with E-state index in [-0.39, 0.29) is 5.69 Å². The van der Waals surface area contributed by atoms with Gasteiger partial charge in [0.25, 0.3) is 0 Å². The molecule has 0 aliphatic rings. The number of carboxylic acids is 1. The Morgan fingerprint density at radius 2 is 1.81 bits per heavy atom. The van der Waals surface area contributed by atoms with Gasteiger partial charge in [0.15, 0.2) is 5.69 Å². The van der Waals surface area contributed by atoms with Crippen molar-refractivity contribution in [3.8, 4) is 11.6 Å². The summed E-state index contributed by atoms with van der Waals surface area (Å²) in [6, 6.07) is 16.5. The Bertz CT molecular complexity index is 810. The number of rotatable bonds is 3. The molecule has 0 bridgehead atoms. The van der Waals surface area contributed by atoms with Crippen LogP contribution in [0.3, 0.4) is 0 Å². The van der Waals surface area contributed by atoms with Crippen LogP contribution in [0.4, 0.5) is 0 Å². The lowest BCUT2D eigenvalue weighted by atomic mass is 10.1. The molecular formula is C17H13NO3. The Morgan fingerprint density at radius 1 is 1.10 bits per heavy atom. The summed E-state index contributed by atoms with van der Waals surface area (Å²) in [6.07, 6.45) is 0. The molecule has 0 radical (unpaired) electrons. The molecule has 0 saturated heterocycles. The van der Waals surface area contributed by atoms with Crippen molar-refractivity contribution >= 4 is 16.7 Å². The van der Waals surface area contributed by atoms with E-state index in [1.54, 1.807) is 6.07 Å². The minimum absolute atomic E-state index is 0.0317. The minimum Gasteiger partial charge on any atom is -0.477 e. The van der Waals surface area contributed by atoms with Gasteiger partial charge in [-0.05, 0) is 36.6 Å². The molecule has 0 aliphatic carbocycles. The number of benzene rings is 2. The van der Waals surface area contributed by atoms with E-state index < -0.39 is 5.97 Å². The number of ether oxygens (including phenoxy) is 1. The van der Waals surface area contributed by atoms with Gasteiger partial charge in [0.1, 0.15) is 5.75 Å². The molecule has 0 aliphatic heterocycles. The molecule has 4 heteroatoms. The molecule has 21 heavy (non-hydrogen) atoms. The first-order valence-electron chi connectivity index (χ1n) is 6.51. The summed E-state index contributed by atoms with van der Waals surface area (Å²) in [5.41, 5.74) is 1.09. The lowest BCUT2D eigenvalue weighted by Crippen LogP contribution is -2.02. The number of aromatic nitrogens is 1. The highest BCUT2D eigenvalue weighted by molar-refractivity contribution is 5.94. The van der Waals surface area contributed by atoms with E-state index in [1.807, 2.05) is 55.5 Å². The van der Waals surface area contributed by atoms with Crippen LogP contribution < -0.4 is 4.74 Å². The second kappa shape index (κ2) is 5.25. The predicted octanol–water partition coefficient (Wildman–Crippen LogP) is 4.03. The van der Waals surface area contributed by atoms with Crippen molar-refractivity contribution in [2.45, 2.75) is 6.92 Å². The van der Waals surface area contributed by atoms with Crippen LogP contribution in [-0.4, -0.2) is 16.1 Å². The molecule has 0 fully saturated rings. The maximum absolute atomic E-state index is 11.2. The molecule has 0 spiro atoms. The summed E-state index contributed by atoms with van der Waals surface area (Å²) in [7, 11) is 0. The van der Waals surface area contributed by atoms with E-state index in [0.29, 0.717) is 11.6 Å². The third-order valence-corrected chi connectivity index (χ3v) is 3.16. The third-order valence-electron chi connectivity index (χ3n) is 3.16. The van der Waals surface area contributed by atoms with Crippen molar-refractivity contribution in [3.63, 3.8) is 0 Å². The number of carbonyl (C=O) groups is 1. The van der Waals surface area contributed by atoms with E-state index >= 15 is 0 Å². The first-order chi connectivity index (χ1) is 10.1.